The number of hydrogen-bond acceptors (Lipinski definition) is 4. The zero-order valence-electron chi connectivity index (χ0n) is 13.5. The molecule has 2 aromatic heterocycles. The number of carbonyl (C=O) groups excluding carboxylic acids is 1. The van der Waals surface area contributed by atoms with Crippen LogP contribution in [0.15, 0.2) is 45.9 Å². The SMILES string of the molecule is CCN(Cc1nc2ccccc2c(=O)[nH]1)C(=O)CCc1ccsc1. The quantitative estimate of drug-likeness (QED) is 0.749. The zero-order chi connectivity index (χ0) is 16.9. The Balaban J connectivity index is 1.72. The number of nitrogens with zero attached hydrogens (tertiary/aromatic N) is 2. The van der Waals surface area contributed by atoms with E-state index in [4.69, 9.17) is 0 Å². The van der Waals surface area contributed by atoms with Gasteiger partial charge >= 0.3 is 0 Å². The minimum absolute atomic E-state index is 0.0690. The minimum Gasteiger partial charge on any atom is -0.335 e. The van der Waals surface area contributed by atoms with E-state index in [1.54, 1.807) is 22.3 Å². The van der Waals surface area contributed by atoms with Gasteiger partial charge in [-0.25, -0.2) is 4.98 Å². The number of aromatic amines is 1. The molecule has 0 aliphatic rings. The molecule has 0 aliphatic carbocycles. The first-order valence-electron chi connectivity index (χ1n) is 7.94. The molecule has 0 saturated heterocycles. The molecule has 24 heavy (non-hydrogen) atoms. The van der Waals surface area contributed by atoms with Crippen LogP contribution in [0.25, 0.3) is 10.9 Å². The molecule has 2 heterocycles. The number of carbonyl (C=O) groups is 1. The topological polar surface area (TPSA) is 66.1 Å². The van der Waals surface area contributed by atoms with Crippen molar-refractivity contribution in [3.8, 4) is 0 Å². The lowest BCUT2D eigenvalue weighted by Crippen LogP contribution is -2.32. The van der Waals surface area contributed by atoms with Gasteiger partial charge in [0.25, 0.3) is 5.56 Å². The molecule has 6 heteroatoms. The lowest BCUT2D eigenvalue weighted by Gasteiger charge is -2.20. The van der Waals surface area contributed by atoms with E-state index in [9.17, 15) is 9.59 Å². The molecule has 0 saturated carbocycles. The van der Waals surface area contributed by atoms with Gasteiger partial charge in [-0.3, -0.25) is 9.59 Å². The molecule has 0 unspecified atom stereocenters. The second-order valence-electron chi connectivity index (χ2n) is 5.57. The molecule has 3 aromatic rings. The van der Waals surface area contributed by atoms with Gasteiger partial charge in [0.2, 0.25) is 5.91 Å². The third-order valence-corrected chi connectivity index (χ3v) is 4.68. The zero-order valence-corrected chi connectivity index (χ0v) is 14.3. The van der Waals surface area contributed by atoms with E-state index in [2.05, 4.69) is 15.3 Å². The largest absolute Gasteiger partial charge is 0.335 e. The first kappa shape index (κ1) is 16.4. The van der Waals surface area contributed by atoms with Gasteiger partial charge in [0, 0.05) is 13.0 Å². The van der Waals surface area contributed by atoms with Crippen molar-refractivity contribution in [2.45, 2.75) is 26.3 Å². The van der Waals surface area contributed by atoms with E-state index < -0.39 is 0 Å². The molecule has 0 radical (unpaired) electrons. The highest BCUT2D eigenvalue weighted by Crippen LogP contribution is 2.11. The van der Waals surface area contributed by atoms with E-state index in [-0.39, 0.29) is 11.5 Å². The van der Waals surface area contributed by atoms with Crippen LogP contribution >= 0.6 is 11.3 Å². The summed E-state index contributed by atoms with van der Waals surface area (Å²) in [6, 6.07) is 9.25. The van der Waals surface area contributed by atoms with Crippen molar-refractivity contribution in [1.82, 2.24) is 14.9 Å². The van der Waals surface area contributed by atoms with E-state index in [1.807, 2.05) is 36.6 Å². The molecule has 0 spiro atoms. The van der Waals surface area contributed by atoms with Crippen molar-refractivity contribution in [3.05, 3.63) is 62.8 Å². The van der Waals surface area contributed by atoms with E-state index in [0.717, 1.165) is 6.42 Å². The van der Waals surface area contributed by atoms with Crippen molar-refractivity contribution in [3.63, 3.8) is 0 Å². The maximum atomic E-state index is 12.4. The van der Waals surface area contributed by atoms with Gasteiger partial charge in [0.1, 0.15) is 5.82 Å². The normalized spacial score (nSPS) is 10.9. The summed E-state index contributed by atoms with van der Waals surface area (Å²) in [4.78, 5) is 33.5. The van der Waals surface area contributed by atoms with Gasteiger partial charge in [-0.15, -0.1) is 0 Å². The maximum Gasteiger partial charge on any atom is 0.258 e. The highest BCUT2D eigenvalue weighted by molar-refractivity contribution is 7.07. The summed E-state index contributed by atoms with van der Waals surface area (Å²) in [5.74, 6) is 0.587. The number of thiophene rings is 1. The van der Waals surface area contributed by atoms with Gasteiger partial charge in [0.15, 0.2) is 0 Å². The Labute approximate surface area is 144 Å². The van der Waals surface area contributed by atoms with Crippen molar-refractivity contribution < 1.29 is 4.79 Å². The van der Waals surface area contributed by atoms with Gasteiger partial charge in [0.05, 0.1) is 17.4 Å². The fourth-order valence-corrected chi connectivity index (χ4v) is 3.31. The van der Waals surface area contributed by atoms with Gasteiger partial charge < -0.3 is 9.88 Å². The Morgan fingerprint density at radius 2 is 2.12 bits per heavy atom. The molecular formula is C18H19N3O2S. The molecule has 0 bridgehead atoms. The van der Waals surface area contributed by atoms with Crippen LogP contribution < -0.4 is 5.56 Å². The van der Waals surface area contributed by atoms with E-state index >= 15 is 0 Å². The number of rotatable bonds is 6. The third kappa shape index (κ3) is 3.71. The number of amides is 1. The predicted molar refractivity (Wildman–Crippen MR) is 96.1 cm³/mol. The van der Waals surface area contributed by atoms with Crippen LogP contribution in [0.2, 0.25) is 0 Å². The minimum atomic E-state index is -0.169. The van der Waals surface area contributed by atoms with Crippen molar-refractivity contribution in [2.75, 3.05) is 6.54 Å². The molecule has 3 rings (SSSR count). The summed E-state index contributed by atoms with van der Waals surface area (Å²) in [5, 5.41) is 4.64. The lowest BCUT2D eigenvalue weighted by molar-refractivity contribution is -0.131. The number of aryl methyl sites for hydroxylation is 1. The number of para-hydroxylation sites is 1. The molecule has 1 amide bonds. The van der Waals surface area contributed by atoms with E-state index in [1.165, 1.54) is 5.56 Å². The average molecular weight is 341 g/mol. The Bertz CT molecular complexity index is 887. The highest BCUT2D eigenvalue weighted by Gasteiger charge is 2.14. The molecular weight excluding hydrogens is 322 g/mol. The van der Waals surface area contributed by atoms with Gasteiger partial charge in [-0.1, -0.05) is 12.1 Å². The fraction of sp³-hybridized carbons (Fsp3) is 0.278. The summed E-state index contributed by atoms with van der Waals surface area (Å²) in [6.45, 7) is 2.83. The number of benzene rings is 1. The van der Waals surface area contributed by atoms with Crippen LogP contribution in [-0.2, 0) is 17.8 Å². The molecule has 1 N–H and O–H groups in total. The Morgan fingerprint density at radius 3 is 2.88 bits per heavy atom. The van der Waals surface area contributed by atoms with Crippen LogP contribution in [0, 0.1) is 0 Å². The Morgan fingerprint density at radius 1 is 1.29 bits per heavy atom. The molecule has 0 aliphatic heterocycles. The molecule has 5 nitrogen and oxygen atoms in total. The van der Waals surface area contributed by atoms with Crippen LogP contribution in [0.1, 0.15) is 24.7 Å². The summed E-state index contributed by atoms with van der Waals surface area (Å²) >= 11 is 1.64. The lowest BCUT2D eigenvalue weighted by atomic mass is 10.2. The summed E-state index contributed by atoms with van der Waals surface area (Å²) < 4.78 is 0. The van der Waals surface area contributed by atoms with Crippen LogP contribution in [0.4, 0.5) is 0 Å². The third-order valence-electron chi connectivity index (χ3n) is 3.94. The van der Waals surface area contributed by atoms with Crippen molar-refractivity contribution in [2.24, 2.45) is 0 Å². The Hall–Kier alpha value is -2.47. The average Bonchev–Trinajstić information content (AvgIpc) is 3.11. The van der Waals surface area contributed by atoms with E-state index in [0.29, 0.717) is 36.2 Å². The highest BCUT2D eigenvalue weighted by atomic mass is 32.1. The first-order chi connectivity index (χ1) is 11.7. The first-order valence-corrected chi connectivity index (χ1v) is 8.88. The monoisotopic (exact) mass is 341 g/mol. The second kappa shape index (κ2) is 7.40. The molecule has 124 valence electrons. The number of H-pyrrole nitrogens is 1. The van der Waals surface area contributed by atoms with Crippen molar-refractivity contribution in [1.29, 1.82) is 0 Å². The van der Waals surface area contributed by atoms with Crippen LogP contribution in [0.5, 0.6) is 0 Å². The fourth-order valence-electron chi connectivity index (χ4n) is 2.61. The summed E-state index contributed by atoms with van der Waals surface area (Å²) in [6.07, 6.45) is 1.20. The van der Waals surface area contributed by atoms with Gasteiger partial charge in [-0.05, 0) is 47.9 Å². The number of nitrogens with one attached hydrogen (secondary N) is 1. The summed E-state index contributed by atoms with van der Waals surface area (Å²) in [7, 11) is 0. The van der Waals surface area contributed by atoms with Crippen molar-refractivity contribution >= 4 is 28.1 Å². The molecule has 1 aromatic carbocycles. The molecule has 0 fully saturated rings. The second-order valence-corrected chi connectivity index (χ2v) is 6.35. The smallest absolute Gasteiger partial charge is 0.258 e. The van der Waals surface area contributed by atoms with Crippen LogP contribution in [-0.4, -0.2) is 27.3 Å². The number of aromatic nitrogens is 2. The maximum absolute atomic E-state index is 12.4. The number of hydrogen-bond donors (Lipinski definition) is 1. The Kier molecular flexibility index (Phi) is 5.05. The summed E-state index contributed by atoms with van der Waals surface area (Å²) in [5.41, 5.74) is 1.66. The predicted octanol–water partition coefficient (Wildman–Crippen LogP) is 2.97. The number of fused-ring (bicyclic) bond motifs is 1. The van der Waals surface area contributed by atoms with Gasteiger partial charge in [-0.2, -0.15) is 11.3 Å². The van der Waals surface area contributed by atoms with Crippen LogP contribution in [0.3, 0.4) is 0 Å². The molecule has 0 atom stereocenters. The standard InChI is InChI=1S/C18H19N3O2S/c1-2-21(17(22)8-7-13-9-10-24-12-13)11-16-19-15-6-4-3-5-14(15)18(23)20-16/h3-6,9-10,12H,2,7-8,11H2,1H3,(H,19,20,23).